The quantitative estimate of drug-likeness (QED) is 0.614. The summed E-state index contributed by atoms with van der Waals surface area (Å²) >= 11 is 0. The van der Waals surface area contributed by atoms with Crippen LogP contribution < -0.4 is 14.4 Å². The van der Waals surface area contributed by atoms with Crippen LogP contribution in [0, 0.1) is 12.7 Å². The van der Waals surface area contributed by atoms with Crippen molar-refractivity contribution in [2.45, 2.75) is 19.8 Å². The third-order valence-corrected chi connectivity index (χ3v) is 5.16. The van der Waals surface area contributed by atoms with Crippen molar-refractivity contribution in [3.05, 3.63) is 59.9 Å². The Kier molecular flexibility index (Phi) is 7.80. The van der Waals surface area contributed by atoms with Crippen molar-refractivity contribution in [1.29, 1.82) is 0 Å². The van der Waals surface area contributed by atoms with Gasteiger partial charge in [0.25, 0.3) is 0 Å². The maximum absolute atomic E-state index is 13.0. The molecule has 152 valence electrons. The van der Waals surface area contributed by atoms with Crippen molar-refractivity contribution in [2.75, 3.05) is 30.3 Å². The molecule has 2 aromatic rings. The zero-order chi connectivity index (χ0) is 20.6. The van der Waals surface area contributed by atoms with Crippen molar-refractivity contribution >= 4 is 21.6 Å². The highest BCUT2D eigenvalue weighted by atomic mass is 32.2. The third kappa shape index (κ3) is 7.19. The minimum absolute atomic E-state index is 0.137. The van der Waals surface area contributed by atoms with Gasteiger partial charge < -0.3 is 10.1 Å². The molecule has 0 bridgehead atoms. The molecular weight excluding hydrogens is 383 g/mol. The number of ether oxygens (including phenoxy) is 1. The number of aryl methyl sites for hydroxylation is 1. The zero-order valence-electron chi connectivity index (χ0n) is 16.0. The number of carbonyl (C=O) groups is 1. The van der Waals surface area contributed by atoms with Crippen molar-refractivity contribution in [1.82, 2.24) is 5.32 Å². The van der Waals surface area contributed by atoms with Crippen LogP contribution in [-0.4, -0.2) is 40.3 Å². The van der Waals surface area contributed by atoms with E-state index < -0.39 is 15.8 Å². The summed E-state index contributed by atoms with van der Waals surface area (Å²) in [5.41, 5.74) is 1.47. The first kappa shape index (κ1) is 21.7. The van der Waals surface area contributed by atoms with Gasteiger partial charge in [-0.15, -0.1) is 0 Å². The summed E-state index contributed by atoms with van der Waals surface area (Å²) in [5.74, 6) is 0.127. The Hall–Kier alpha value is -2.61. The lowest BCUT2D eigenvalue weighted by atomic mass is 10.2. The number of amides is 1. The molecule has 0 saturated heterocycles. The number of nitrogens with zero attached hydrogens (tertiary/aromatic N) is 1. The summed E-state index contributed by atoms with van der Waals surface area (Å²) in [6, 6.07) is 12.8. The van der Waals surface area contributed by atoms with E-state index in [0.29, 0.717) is 25.3 Å². The number of nitrogens with one attached hydrogen (secondary N) is 1. The average molecular weight is 408 g/mol. The number of carbonyl (C=O) groups excluding carboxylic acids is 1. The average Bonchev–Trinajstić information content (AvgIpc) is 2.62. The van der Waals surface area contributed by atoms with Crippen LogP contribution in [0.15, 0.2) is 48.5 Å². The highest BCUT2D eigenvalue weighted by Gasteiger charge is 2.17. The van der Waals surface area contributed by atoms with Gasteiger partial charge in [-0.25, -0.2) is 12.8 Å². The SMILES string of the molecule is Cc1cccc(OCCNC(=O)CCCN(c2ccc(F)cc2)S(C)(=O)=O)c1. The summed E-state index contributed by atoms with van der Waals surface area (Å²) < 4.78 is 43.7. The molecule has 0 unspecified atom stereocenters. The predicted octanol–water partition coefficient (Wildman–Crippen LogP) is 2.88. The number of anilines is 1. The number of hydrogen-bond donors (Lipinski definition) is 1. The molecule has 0 aliphatic carbocycles. The first-order chi connectivity index (χ1) is 13.3. The molecule has 2 aromatic carbocycles. The number of halogens is 1. The highest BCUT2D eigenvalue weighted by Crippen LogP contribution is 2.18. The summed E-state index contributed by atoms with van der Waals surface area (Å²) in [7, 11) is -3.52. The molecule has 0 aromatic heterocycles. The largest absolute Gasteiger partial charge is 0.492 e. The molecule has 6 nitrogen and oxygen atoms in total. The van der Waals surface area contributed by atoms with E-state index in [1.807, 2.05) is 31.2 Å². The number of hydrogen-bond acceptors (Lipinski definition) is 4. The maximum Gasteiger partial charge on any atom is 0.232 e. The minimum atomic E-state index is -3.52. The Morgan fingerprint density at radius 1 is 1.18 bits per heavy atom. The molecule has 1 amide bonds. The second kappa shape index (κ2) is 10.1. The number of rotatable bonds is 10. The predicted molar refractivity (Wildman–Crippen MR) is 108 cm³/mol. The molecule has 0 aliphatic heterocycles. The van der Waals surface area contributed by atoms with Gasteiger partial charge in [0.1, 0.15) is 18.2 Å². The summed E-state index contributed by atoms with van der Waals surface area (Å²) in [5, 5.41) is 2.75. The van der Waals surface area contributed by atoms with Gasteiger partial charge in [-0.1, -0.05) is 12.1 Å². The molecule has 0 radical (unpaired) electrons. The fraction of sp³-hybridized carbons (Fsp3) is 0.350. The first-order valence-corrected chi connectivity index (χ1v) is 10.8. The van der Waals surface area contributed by atoms with E-state index in [4.69, 9.17) is 4.74 Å². The van der Waals surface area contributed by atoms with E-state index in [1.165, 1.54) is 28.6 Å². The molecule has 0 aliphatic rings. The van der Waals surface area contributed by atoms with Crippen LogP contribution in [0.25, 0.3) is 0 Å². The smallest absolute Gasteiger partial charge is 0.232 e. The van der Waals surface area contributed by atoms with Gasteiger partial charge in [0, 0.05) is 13.0 Å². The molecule has 28 heavy (non-hydrogen) atoms. The van der Waals surface area contributed by atoms with E-state index >= 15 is 0 Å². The van der Waals surface area contributed by atoms with Crippen LogP contribution in [0.4, 0.5) is 10.1 Å². The van der Waals surface area contributed by atoms with E-state index in [2.05, 4.69) is 5.32 Å². The lowest BCUT2D eigenvalue weighted by Gasteiger charge is -2.22. The topological polar surface area (TPSA) is 75.7 Å². The van der Waals surface area contributed by atoms with Gasteiger partial charge in [0.2, 0.25) is 15.9 Å². The number of sulfonamides is 1. The number of benzene rings is 2. The van der Waals surface area contributed by atoms with Crippen LogP contribution in [0.1, 0.15) is 18.4 Å². The molecule has 0 spiro atoms. The van der Waals surface area contributed by atoms with Gasteiger partial charge in [0.15, 0.2) is 0 Å². The van der Waals surface area contributed by atoms with E-state index in [-0.39, 0.29) is 18.9 Å². The molecule has 8 heteroatoms. The molecule has 0 atom stereocenters. The van der Waals surface area contributed by atoms with E-state index in [0.717, 1.165) is 17.6 Å². The maximum atomic E-state index is 13.0. The Balaban J connectivity index is 1.74. The van der Waals surface area contributed by atoms with Gasteiger partial charge in [-0.3, -0.25) is 9.10 Å². The van der Waals surface area contributed by atoms with Crippen molar-refractivity contribution < 1.29 is 22.3 Å². The second-order valence-electron chi connectivity index (χ2n) is 6.43. The molecule has 0 fully saturated rings. The van der Waals surface area contributed by atoms with Crippen LogP contribution in [-0.2, 0) is 14.8 Å². The molecular formula is C20H25FN2O4S. The Labute approximate surface area is 165 Å². The monoisotopic (exact) mass is 408 g/mol. The Morgan fingerprint density at radius 3 is 2.54 bits per heavy atom. The van der Waals surface area contributed by atoms with Crippen molar-refractivity contribution in [3.63, 3.8) is 0 Å². The zero-order valence-corrected chi connectivity index (χ0v) is 16.8. The fourth-order valence-corrected chi connectivity index (χ4v) is 3.60. The summed E-state index contributed by atoms with van der Waals surface area (Å²) in [4.78, 5) is 11.9. The van der Waals surface area contributed by atoms with E-state index in [1.54, 1.807) is 0 Å². The van der Waals surface area contributed by atoms with Crippen LogP contribution in [0.3, 0.4) is 0 Å². The summed E-state index contributed by atoms with van der Waals surface area (Å²) in [6.45, 7) is 2.82. The van der Waals surface area contributed by atoms with Crippen molar-refractivity contribution in [3.8, 4) is 5.75 Å². The molecule has 0 saturated carbocycles. The van der Waals surface area contributed by atoms with E-state index in [9.17, 15) is 17.6 Å². The first-order valence-electron chi connectivity index (χ1n) is 8.95. The third-order valence-electron chi connectivity index (χ3n) is 3.96. The summed E-state index contributed by atoms with van der Waals surface area (Å²) in [6.07, 6.45) is 1.60. The van der Waals surface area contributed by atoms with Crippen LogP contribution in [0.5, 0.6) is 5.75 Å². The molecule has 0 heterocycles. The van der Waals surface area contributed by atoms with Gasteiger partial charge in [-0.05, 0) is 55.3 Å². The van der Waals surface area contributed by atoms with Crippen LogP contribution in [0.2, 0.25) is 0 Å². The Morgan fingerprint density at radius 2 is 1.89 bits per heavy atom. The van der Waals surface area contributed by atoms with Crippen LogP contribution >= 0.6 is 0 Å². The minimum Gasteiger partial charge on any atom is -0.492 e. The standard InChI is InChI=1S/C20H25FN2O4S/c1-16-5-3-6-19(15-16)27-14-12-22-20(24)7-4-13-23(28(2,25)26)18-10-8-17(21)9-11-18/h3,5-6,8-11,15H,4,7,12-14H2,1-2H3,(H,22,24). The fourth-order valence-electron chi connectivity index (χ4n) is 2.63. The highest BCUT2D eigenvalue weighted by molar-refractivity contribution is 7.92. The van der Waals surface area contributed by atoms with Gasteiger partial charge in [-0.2, -0.15) is 0 Å². The second-order valence-corrected chi connectivity index (χ2v) is 8.34. The Bertz CT molecular complexity index is 885. The van der Waals surface area contributed by atoms with Gasteiger partial charge in [0.05, 0.1) is 18.5 Å². The normalized spacial score (nSPS) is 11.1. The van der Waals surface area contributed by atoms with Gasteiger partial charge >= 0.3 is 0 Å². The molecule has 1 N–H and O–H groups in total. The van der Waals surface area contributed by atoms with Crippen molar-refractivity contribution in [2.24, 2.45) is 0 Å². The lowest BCUT2D eigenvalue weighted by molar-refractivity contribution is -0.121. The lowest BCUT2D eigenvalue weighted by Crippen LogP contribution is -2.32. The molecule has 2 rings (SSSR count).